The summed E-state index contributed by atoms with van der Waals surface area (Å²) in [4.78, 5) is 0. The predicted octanol–water partition coefficient (Wildman–Crippen LogP) is 2.95. The molecule has 0 saturated heterocycles. The topological polar surface area (TPSA) is 29.9 Å². The Morgan fingerprint density at radius 3 is 2.56 bits per heavy atom. The average Bonchev–Trinajstić information content (AvgIpc) is 2.60. The highest BCUT2D eigenvalue weighted by atomic mass is 127. The van der Waals surface area contributed by atoms with E-state index in [1.165, 1.54) is 14.8 Å². The Bertz CT molecular complexity index is 474. The summed E-state index contributed by atoms with van der Waals surface area (Å²) in [6, 6.07) is 8.37. The summed E-state index contributed by atoms with van der Waals surface area (Å²) >= 11 is 2.30. The van der Waals surface area contributed by atoms with E-state index in [1.807, 2.05) is 17.9 Å². The molecule has 2 rings (SSSR count). The van der Waals surface area contributed by atoms with Crippen molar-refractivity contribution in [1.29, 1.82) is 0 Å². The lowest BCUT2D eigenvalue weighted by Gasteiger charge is -2.06. The highest BCUT2D eigenvalue weighted by molar-refractivity contribution is 14.1. The lowest BCUT2D eigenvalue weighted by molar-refractivity contribution is 0.738. The van der Waals surface area contributed by atoms with Crippen LogP contribution in [-0.4, -0.2) is 9.78 Å². The van der Waals surface area contributed by atoms with E-state index in [-0.39, 0.29) is 0 Å². The number of nitrogens with one attached hydrogen (secondary N) is 1. The van der Waals surface area contributed by atoms with Gasteiger partial charge >= 0.3 is 0 Å². The van der Waals surface area contributed by atoms with Gasteiger partial charge in [-0.05, 0) is 53.8 Å². The van der Waals surface area contributed by atoms with Crippen LogP contribution >= 0.6 is 22.6 Å². The summed E-state index contributed by atoms with van der Waals surface area (Å²) in [5.41, 5.74) is 3.59. The molecular formula is C12H14IN3. The van der Waals surface area contributed by atoms with Crippen LogP contribution in [0.3, 0.4) is 0 Å². The molecule has 3 nitrogen and oxygen atoms in total. The molecule has 84 valence electrons. The fourth-order valence-corrected chi connectivity index (χ4v) is 1.84. The second-order valence-electron chi connectivity index (χ2n) is 3.74. The van der Waals surface area contributed by atoms with Crippen LogP contribution in [0, 0.1) is 10.5 Å². The summed E-state index contributed by atoms with van der Waals surface area (Å²) in [7, 11) is 1.96. The van der Waals surface area contributed by atoms with Gasteiger partial charge in [-0.2, -0.15) is 5.10 Å². The van der Waals surface area contributed by atoms with Gasteiger partial charge in [-0.25, -0.2) is 0 Å². The molecule has 1 aromatic heterocycles. The van der Waals surface area contributed by atoms with E-state index < -0.39 is 0 Å². The molecule has 0 fully saturated rings. The quantitative estimate of drug-likeness (QED) is 0.879. The van der Waals surface area contributed by atoms with Crippen molar-refractivity contribution < 1.29 is 0 Å². The highest BCUT2D eigenvalue weighted by Gasteiger charge is 2.02. The predicted molar refractivity (Wildman–Crippen MR) is 74.4 cm³/mol. The van der Waals surface area contributed by atoms with Gasteiger partial charge in [0.2, 0.25) is 0 Å². The molecule has 0 atom stereocenters. The van der Waals surface area contributed by atoms with Gasteiger partial charge in [-0.15, -0.1) is 0 Å². The first-order valence-corrected chi connectivity index (χ1v) is 6.21. The van der Waals surface area contributed by atoms with E-state index >= 15 is 0 Å². The number of nitrogens with zero attached hydrogens (tertiary/aromatic N) is 2. The van der Waals surface area contributed by atoms with E-state index in [9.17, 15) is 0 Å². The number of hydrogen-bond donors (Lipinski definition) is 1. The van der Waals surface area contributed by atoms with Crippen LogP contribution in [0.5, 0.6) is 0 Å². The van der Waals surface area contributed by atoms with Crippen LogP contribution in [0.1, 0.15) is 11.3 Å². The van der Waals surface area contributed by atoms with E-state index in [1.54, 1.807) is 0 Å². The molecule has 2 aromatic rings. The lowest BCUT2D eigenvalue weighted by atomic mass is 10.2. The van der Waals surface area contributed by atoms with Crippen molar-refractivity contribution in [3.8, 4) is 0 Å². The van der Waals surface area contributed by atoms with Crippen LogP contribution in [0.25, 0.3) is 0 Å². The number of aryl methyl sites for hydroxylation is 1. The van der Waals surface area contributed by atoms with Gasteiger partial charge in [0.05, 0.1) is 6.20 Å². The van der Waals surface area contributed by atoms with Crippen LogP contribution in [-0.2, 0) is 13.6 Å². The maximum atomic E-state index is 4.22. The molecule has 1 N–H and O–H groups in total. The Balaban J connectivity index is 2.02. The van der Waals surface area contributed by atoms with E-state index in [2.05, 4.69) is 64.2 Å². The monoisotopic (exact) mass is 327 g/mol. The molecule has 0 aliphatic heterocycles. The normalized spacial score (nSPS) is 10.4. The number of anilines is 1. The lowest BCUT2D eigenvalue weighted by Crippen LogP contribution is -2.01. The van der Waals surface area contributed by atoms with Gasteiger partial charge < -0.3 is 5.32 Å². The zero-order valence-corrected chi connectivity index (χ0v) is 11.5. The number of benzene rings is 1. The molecule has 0 radical (unpaired) electrons. The Labute approximate surface area is 109 Å². The van der Waals surface area contributed by atoms with Crippen LogP contribution in [0.15, 0.2) is 30.5 Å². The molecule has 4 heteroatoms. The summed E-state index contributed by atoms with van der Waals surface area (Å²) < 4.78 is 3.14. The zero-order valence-electron chi connectivity index (χ0n) is 9.37. The molecular weight excluding hydrogens is 313 g/mol. The van der Waals surface area contributed by atoms with Crippen LogP contribution < -0.4 is 5.32 Å². The van der Waals surface area contributed by atoms with Crippen molar-refractivity contribution in [2.75, 3.05) is 5.32 Å². The Morgan fingerprint density at radius 2 is 2.00 bits per heavy atom. The molecule has 0 bridgehead atoms. The maximum Gasteiger partial charge on any atom is 0.0542 e. The molecule has 16 heavy (non-hydrogen) atoms. The molecule has 1 heterocycles. The van der Waals surface area contributed by atoms with Gasteiger partial charge in [0.15, 0.2) is 0 Å². The molecule has 0 saturated carbocycles. The number of aromatic nitrogens is 2. The smallest absolute Gasteiger partial charge is 0.0542 e. The first-order valence-electron chi connectivity index (χ1n) is 5.14. The Morgan fingerprint density at radius 1 is 1.31 bits per heavy atom. The first kappa shape index (κ1) is 11.4. The van der Waals surface area contributed by atoms with E-state index in [4.69, 9.17) is 0 Å². The molecule has 0 aliphatic rings. The van der Waals surface area contributed by atoms with Crippen molar-refractivity contribution in [2.24, 2.45) is 7.05 Å². The molecule has 0 unspecified atom stereocenters. The van der Waals surface area contributed by atoms with Crippen molar-refractivity contribution in [3.63, 3.8) is 0 Å². The van der Waals surface area contributed by atoms with Gasteiger partial charge in [0, 0.05) is 34.1 Å². The Kier molecular flexibility index (Phi) is 3.48. The fraction of sp³-hybridized carbons (Fsp3) is 0.250. The first-order chi connectivity index (χ1) is 7.66. The summed E-state index contributed by atoms with van der Waals surface area (Å²) in [5.74, 6) is 0. The minimum absolute atomic E-state index is 0.820. The van der Waals surface area contributed by atoms with E-state index in [0.29, 0.717) is 0 Å². The van der Waals surface area contributed by atoms with Gasteiger partial charge in [-0.1, -0.05) is 0 Å². The van der Waals surface area contributed by atoms with Gasteiger partial charge in [0.25, 0.3) is 0 Å². The summed E-state index contributed by atoms with van der Waals surface area (Å²) in [6.45, 7) is 2.90. The third-order valence-electron chi connectivity index (χ3n) is 2.66. The second-order valence-corrected chi connectivity index (χ2v) is 4.98. The largest absolute Gasteiger partial charge is 0.381 e. The van der Waals surface area contributed by atoms with Gasteiger partial charge in [-0.3, -0.25) is 4.68 Å². The van der Waals surface area contributed by atoms with Crippen molar-refractivity contribution in [2.45, 2.75) is 13.5 Å². The number of rotatable bonds is 3. The fourth-order valence-electron chi connectivity index (χ4n) is 1.48. The maximum absolute atomic E-state index is 4.22. The summed E-state index contributed by atoms with van der Waals surface area (Å²) in [5, 5.41) is 7.60. The average molecular weight is 327 g/mol. The van der Waals surface area contributed by atoms with E-state index in [0.717, 1.165) is 12.2 Å². The molecule has 0 spiro atoms. The van der Waals surface area contributed by atoms with Gasteiger partial charge in [0.1, 0.15) is 0 Å². The summed E-state index contributed by atoms with van der Waals surface area (Å²) in [6.07, 6.45) is 1.91. The molecule has 1 aromatic carbocycles. The van der Waals surface area contributed by atoms with Crippen molar-refractivity contribution in [1.82, 2.24) is 9.78 Å². The molecule has 0 amide bonds. The van der Waals surface area contributed by atoms with Crippen LogP contribution in [0.4, 0.5) is 5.69 Å². The number of halogens is 1. The number of hydrogen-bond acceptors (Lipinski definition) is 2. The zero-order chi connectivity index (χ0) is 11.5. The standard InChI is InChI=1S/C12H14IN3/c1-9-10(8-15-16(9)2)7-14-12-5-3-11(13)4-6-12/h3-6,8,14H,7H2,1-2H3. The third kappa shape index (κ3) is 2.55. The Hall–Kier alpha value is -1.04. The minimum atomic E-state index is 0.820. The van der Waals surface area contributed by atoms with Crippen molar-refractivity contribution >= 4 is 28.3 Å². The SMILES string of the molecule is Cc1c(CNc2ccc(I)cc2)cnn1C. The highest BCUT2D eigenvalue weighted by Crippen LogP contribution is 2.13. The minimum Gasteiger partial charge on any atom is -0.381 e. The third-order valence-corrected chi connectivity index (χ3v) is 3.38. The second kappa shape index (κ2) is 4.86. The molecule has 0 aliphatic carbocycles. The van der Waals surface area contributed by atoms with Crippen molar-refractivity contribution in [3.05, 3.63) is 45.3 Å². The van der Waals surface area contributed by atoms with Crippen LogP contribution in [0.2, 0.25) is 0 Å².